The minimum Gasteiger partial charge on any atom is -0.444 e. The van der Waals surface area contributed by atoms with Crippen molar-refractivity contribution in [3.63, 3.8) is 0 Å². The Kier molecular flexibility index (Phi) is 3.68. The molecular weight excluding hydrogens is 306 g/mol. The van der Waals surface area contributed by atoms with Crippen LogP contribution in [0.1, 0.15) is 38.9 Å². The van der Waals surface area contributed by atoms with Crippen LogP contribution < -0.4 is 0 Å². The fourth-order valence-electron chi connectivity index (χ4n) is 2.50. The Bertz CT molecular complexity index is 709. The molecule has 3 heterocycles. The van der Waals surface area contributed by atoms with Gasteiger partial charge in [0.1, 0.15) is 10.8 Å². The summed E-state index contributed by atoms with van der Waals surface area (Å²) in [5.41, 5.74) is 0.154. The molecule has 1 saturated heterocycles. The van der Waals surface area contributed by atoms with Crippen LogP contribution in [0.3, 0.4) is 0 Å². The summed E-state index contributed by atoms with van der Waals surface area (Å²) in [4.78, 5) is 13.8. The van der Waals surface area contributed by atoms with Gasteiger partial charge in [0.2, 0.25) is 0 Å². The monoisotopic (exact) mass is 323 g/mol. The Morgan fingerprint density at radius 3 is 2.86 bits per heavy atom. The van der Waals surface area contributed by atoms with Crippen molar-refractivity contribution in [2.75, 3.05) is 13.1 Å². The quantitative estimate of drug-likeness (QED) is 0.806. The second-order valence-corrected chi connectivity index (χ2v) is 6.78. The smallest absolute Gasteiger partial charge is 0.410 e. The zero-order chi connectivity index (χ0) is 15.9. The van der Waals surface area contributed by atoms with Gasteiger partial charge in [-0.25, -0.2) is 4.79 Å². The number of carbonyl (C=O) groups excluding carboxylic acids is 1. The number of fused-ring (bicyclic) bond motifs is 1. The molecule has 22 heavy (non-hydrogen) atoms. The van der Waals surface area contributed by atoms with Crippen molar-refractivity contribution in [1.29, 1.82) is 0 Å². The summed E-state index contributed by atoms with van der Waals surface area (Å²) in [5.74, 6) is 0.803. The van der Waals surface area contributed by atoms with E-state index >= 15 is 0 Å². The molecule has 0 saturated carbocycles. The van der Waals surface area contributed by atoms with Gasteiger partial charge in [-0.3, -0.25) is 0 Å². The zero-order valence-corrected chi connectivity index (χ0v) is 13.5. The molecule has 2 aromatic rings. The lowest BCUT2D eigenvalue weighted by Crippen LogP contribution is -2.35. The van der Waals surface area contributed by atoms with Crippen LogP contribution in [0.2, 0.25) is 5.15 Å². The predicted octanol–water partition coefficient (Wildman–Crippen LogP) is 2.50. The van der Waals surface area contributed by atoms with E-state index in [0.29, 0.717) is 23.9 Å². The molecule has 2 aromatic heterocycles. The molecule has 118 valence electrons. The number of amides is 1. The molecule has 1 aliphatic heterocycles. The van der Waals surface area contributed by atoms with Crippen molar-refractivity contribution >= 4 is 23.3 Å². The number of rotatable bonds is 1. The number of nitrogens with zero attached hydrogens (tertiary/aromatic N) is 5. The van der Waals surface area contributed by atoms with Crippen LogP contribution in [0.4, 0.5) is 4.79 Å². The number of aromatic nitrogens is 4. The molecule has 0 radical (unpaired) electrons. The molecule has 8 heteroatoms. The fourth-order valence-corrected chi connectivity index (χ4v) is 2.64. The van der Waals surface area contributed by atoms with Crippen LogP contribution >= 0.6 is 11.6 Å². The normalized spacial score (nSPS) is 18.9. The maximum Gasteiger partial charge on any atom is 0.410 e. The van der Waals surface area contributed by atoms with Crippen LogP contribution in [0.15, 0.2) is 12.1 Å². The van der Waals surface area contributed by atoms with Crippen LogP contribution in [-0.2, 0) is 4.74 Å². The summed E-state index contributed by atoms with van der Waals surface area (Å²) in [6, 6.07) is 3.45. The highest BCUT2D eigenvalue weighted by Crippen LogP contribution is 2.27. The third kappa shape index (κ3) is 2.99. The first kappa shape index (κ1) is 15.0. The highest BCUT2D eigenvalue weighted by molar-refractivity contribution is 6.29. The summed E-state index contributed by atoms with van der Waals surface area (Å²) in [6.45, 7) is 6.75. The number of hydrogen-bond acceptors (Lipinski definition) is 5. The van der Waals surface area contributed by atoms with Crippen LogP contribution in [0.25, 0.3) is 5.65 Å². The minimum absolute atomic E-state index is 0.0773. The average molecular weight is 324 g/mol. The second-order valence-electron chi connectivity index (χ2n) is 6.40. The number of halogens is 1. The first-order valence-corrected chi connectivity index (χ1v) is 7.57. The van der Waals surface area contributed by atoms with Gasteiger partial charge in [0.15, 0.2) is 11.5 Å². The fraction of sp³-hybridized carbons (Fsp3) is 0.571. The average Bonchev–Trinajstić information content (AvgIpc) is 3.01. The topological polar surface area (TPSA) is 72.6 Å². The predicted molar refractivity (Wildman–Crippen MR) is 81.0 cm³/mol. The molecule has 0 aromatic carbocycles. The van der Waals surface area contributed by atoms with E-state index in [2.05, 4.69) is 15.3 Å². The molecule has 0 aliphatic carbocycles. The first-order chi connectivity index (χ1) is 10.3. The van der Waals surface area contributed by atoms with E-state index in [1.165, 1.54) is 0 Å². The Hall–Kier alpha value is -1.89. The summed E-state index contributed by atoms with van der Waals surface area (Å²) in [6.07, 6.45) is 0.503. The molecule has 0 bridgehead atoms. The maximum absolute atomic E-state index is 12.1. The molecular formula is C14H18ClN5O2. The number of ether oxygens (including phenoxy) is 1. The summed E-state index contributed by atoms with van der Waals surface area (Å²) >= 11 is 5.93. The Balaban J connectivity index is 1.77. The molecule has 3 rings (SSSR count). The number of hydrogen-bond donors (Lipinski definition) is 0. The minimum atomic E-state index is -0.494. The van der Waals surface area contributed by atoms with Crippen molar-refractivity contribution in [2.24, 2.45) is 0 Å². The highest BCUT2D eigenvalue weighted by Gasteiger charge is 2.33. The Labute approximate surface area is 133 Å². The van der Waals surface area contributed by atoms with E-state index in [1.807, 2.05) is 20.8 Å². The first-order valence-electron chi connectivity index (χ1n) is 7.19. The molecule has 0 N–H and O–H groups in total. The van der Waals surface area contributed by atoms with Gasteiger partial charge in [-0.1, -0.05) is 11.6 Å². The lowest BCUT2D eigenvalue weighted by Gasteiger charge is -2.24. The summed E-state index contributed by atoms with van der Waals surface area (Å²) in [5, 5.41) is 12.9. The van der Waals surface area contributed by atoms with Crippen molar-refractivity contribution in [1.82, 2.24) is 24.7 Å². The van der Waals surface area contributed by atoms with E-state index in [0.717, 1.165) is 12.2 Å². The third-order valence-electron chi connectivity index (χ3n) is 3.46. The molecule has 1 unspecified atom stereocenters. The van der Waals surface area contributed by atoms with Gasteiger partial charge in [0, 0.05) is 19.0 Å². The van der Waals surface area contributed by atoms with Crippen molar-refractivity contribution in [3.8, 4) is 0 Å². The van der Waals surface area contributed by atoms with E-state index in [-0.39, 0.29) is 12.0 Å². The molecule has 1 amide bonds. The Morgan fingerprint density at radius 2 is 2.14 bits per heavy atom. The lowest BCUT2D eigenvalue weighted by atomic mass is 10.1. The Morgan fingerprint density at radius 1 is 1.36 bits per heavy atom. The molecule has 0 spiro atoms. The third-order valence-corrected chi connectivity index (χ3v) is 3.66. The van der Waals surface area contributed by atoms with E-state index in [4.69, 9.17) is 16.3 Å². The van der Waals surface area contributed by atoms with Crippen molar-refractivity contribution in [3.05, 3.63) is 23.1 Å². The number of carbonyl (C=O) groups is 1. The van der Waals surface area contributed by atoms with Crippen LogP contribution in [0, 0.1) is 0 Å². The molecule has 1 aliphatic rings. The van der Waals surface area contributed by atoms with Gasteiger partial charge in [0.05, 0.1) is 0 Å². The van der Waals surface area contributed by atoms with Crippen LogP contribution in [-0.4, -0.2) is 49.5 Å². The van der Waals surface area contributed by atoms with E-state index in [1.54, 1.807) is 21.5 Å². The maximum atomic E-state index is 12.1. The van der Waals surface area contributed by atoms with E-state index in [9.17, 15) is 4.79 Å². The molecule has 7 nitrogen and oxygen atoms in total. The molecule has 1 atom stereocenters. The van der Waals surface area contributed by atoms with Crippen molar-refractivity contribution < 1.29 is 9.53 Å². The van der Waals surface area contributed by atoms with Gasteiger partial charge in [-0.15, -0.1) is 10.2 Å². The second kappa shape index (κ2) is 5.39. The summed E-state index contributed by atoms with van der Waals surface area (Å²) < 4.78 is 7.05. The van der Waals surface area contributed by atoms with E-state index < -0.39 is 5.60 Å². The van der Waals surface area contributed by atoms with Gasteiger partial charge in [-0.05, 0) is 39.3 Å². The van der Waals surface area contributed by atoms with Gasteiger partial charge >= 0.3 is 6.09 Å². The molecule has 1 fully saturated rings. The van der Waals surface area contributed by atoms with Crippen LogP contribution in [0.5, 0.6) is 0 Å². The van der Waals surface area contributed by atoms with Gasteiger partial charge in [-0.2, -0.15) is 9.61 Å². The standard InChI is InChI=1S/C14H18ClN5O2/c1-14(2,3)22-13(21)19-7-6-9(8-19)12-17-16-11-5-4-10(15)18-20(11)12/h4-5,9H,6-8H2,1-3H3. The SMILES string of the molecule is CC(C)(C)OC(=O)N1CCC(c2nnc3ccc(Cl)nn23)C1. The lowest BCUT2D eigenvalue weighted by molar-refractivity contribution is 0.0292. The highest BCUT2D eigenvalue weighted by atomic mass is 35.5. The summed E-state index contributed by atoms with van der Waals surface area (Å²) in [7, 11) is 0. The van der Waals surface area contributed by atoms with Crippen molar-refractivity contribution in [2.45, 2.75) is 38.7 Å². The number of likely N-dealkylation sites (tertiary alicyclic amines) is 1. The van der Waals surface area contributed by atoms with Gasteiger partial charge in [0.25, 0.3) is 0 Å². The van der Waals surface area contributed by atoms with Gasteiger partial charge < -0.3 is 9.64 Å². The largest absolute Gasteiger partial charge is 0.444 e. The zero-order valence-electron chi connectivity index (χ0n) is 12.8.